The number of amides is 1. The van der Waals surface area contributed by atoms with Gasteiger partial charge in [-0.25, -0.2) is 9.88 Å². The largest absolute Gasteiger partial charge is 0.573 e. The number of carbonyl (C=O) groups is 1. The van der Waals surface area contributed by atoms with Gasteiger partial charge < -0.3 is 4.74 Å². The first-order valence-corrected chi connectivity index (χ1v) is 10.4. The van der Waals surface area contributed by atoms with Crippen molar-refractivity contribution in [2.45, 2.75) is 25.2 Å². The molecule has 4 rings (SSSR count). The summed E-state index contributed by atoms with van der Waals surface area (Å²) in [5, 5.41) is 0.725. The number of benzene rings is 2. The Labute approximate surface area is 193 Å². The van der Waals surface area contributed by atoms with E-state index < -0.39 is 11.9 Å². The average molecular weight is 537 g/mol. The molecule has 0 N–H and O–H groups in total. The minimum atomic E-state index is -4.77. The normalized spacial score (nSPS) is 18.4. The summed E-state index contributed by atoms with van der Waals surface area (Å²) in [4.78, 5) is 19.3. The van der Waals surface area contributed by atoms with Crippen molar-refractivity contribution in [3.63, 3.8) is 0 Å². The number of imidazole rings is 1. The van der Waals surface area contributed by atoms with E-state index in [0.717, 1.165) is 0 Å². The fraction of sp³-hybridized carbons (Fsp3) is 0.200. The van der Waals surface area contributed by atoms with E-state index in [1.807, 2.05) is 0 Å². The van der Waals surface area contributed by atoms with Crippen LogP contribution in [0.3, 0.4) is 0 Å². The van der Waals surface area contributed by atoms with Crippen molar-refractivity contribution in [2.75, 3.05) is 4.90 Å². The van der Waals surface area contributed by atoms with Crippen LogP contribution < -0.4 is 9.64 Å². The number of alkyl halides is 3. The summed E-state index contributed by atoms with van der Waals surface area (Å²) in [6.07, 6.45) is -3.01. The maximum atomic E-state index is 13.6. The van der Waals surface area contributed by atoms with Crippen LogP contribution in [0, 0.1) is 0 Å². The number of carbonyl (C=O) groups excluding carboxylic acids is 1. The molecule has 2 aromatic carbocycles. The van der Waals surface area contributed by atoms with Gasteiger partial charge in [-0.05, 0) is 58.7 Å². The molecule has 162 valence electrons. The van der Waals surface area contributed by atoms with E-state index in [1.54, 1.807) is 35.9 Å². The lowest BCUT2D eigenvalue weighted by molar-refractivity contribution is -0.274. The molecular weight excluding hydrogens is 524 g/mol. The fourth-order valence-corrected chi connectivity index (χ4v) is 4.79. The van der Waals surface area contributed by atoms with Crippen LogP contribution in [0.4, 0.5) is 24.8 Å². The zero-order valence-corrected chi connectivity index (χ0v) is 18.8. The van der Waals surface area contributed by atoms with Crippen molar-refractivity contribution >= 4 is 56.7 Å². The van der Waals surface area contributed by atoms with Crippen molar-refractivity contribution in [2.24, 2.45) is 0 Å². The van der Waals surface area contributed by atoms with E-state index in [4.69, 9.17) is 23.2 Å². The Bertz CT molecular complexity index is 1150. The fourth-order valence-electron chi connectivity index (χ4n) is 3.63. The van der Waals surface area contributed by atoms with Crippen molar-refractivity contribution < 1.29 is 22.7 Å². The van der Waals surface area contributed by atoms with Gasteiger partial charge in [-0.3, -0.25) is 9.36 Å². The summed E-state index contributed by atoms with van der Waals surface area (Å²) in [6, 6.07) is 10.2. The molecule has 1 aromatic heterocycles. The summed E-state index contributed by atoms with van der Waals surface area (Å²) < 4.78 is 43.4. The lowest BCUT2D eigenvalue weighted by Gasteiger charge is -2.26. The maximum absolute atomic E-state index is 13.6. The highest BCUT2D eigenvalue weighted by Crippen LogP contribution is 2.44. The zero-order valence-electron chi connectivity index (χ0n) is 15.8. The first kappa shape index (κ1) is 22.0. The summed E-state index contributed by atoms with van der Waals surface area (Å²) in [5.74, 6) is -0.251. The van der Waals surface area contributed by atoms with Crippen molar-refractivity contribution in [3.8, 4) is 5.75 Å². The number of aromatic nitrogens is 2. The topological polar surface area (TPSA) is 47.4 Å². The number of hydrogen-bond donors (Lipinski definition) is 0. The molecule has 0 bridgehead atoms. The minimum absolute atomic E-state index is 0.199. The molecule has 31 heavy (non-hydrogen) atoms. The Morgan fingerprint density at radius 1 is 1.16 bits per heavy atom. The number of ether oxygens (including phenoxy) is 1. The number of rotatable bonds is 4. The van der Waals surface area contributed by atoms with Crippen LogP contribution in [0.5, 0.6) is 5.75 Å². The SMILES string of the molecule is C[C@@]1(Cc2ccc(OC(F)(F)F)cc2)C(=O)N(c2cc(Cl)cc(Cl)c2)[14c]2ncc(Br)n21. The Morgan fingerprint density at radius 3 is 2.35 bits per heavy atom. The molecule has 0 saturated heterocycles. The zero-order chi connectivity index (χ0) is 22.6. The predicted molar refractivity (Wildman–Crippen MR) is 114 cm³/mol. The molecule has 0 spiro atoms. The molecule has 0 aliphatic carbocycles. The van der Waals surface area contributed by atoms with Crippen LogP contribution >= 0.6 is 39.1 Å². The van der Waals surface area contributed by atoms with E-state index in [0.29, 0.717) is 31.8 Å². The number of nitrogens with zero attached hydrogens (tertiary/aromatic N) is 3. The van der Waals surface area contributed by atoms with Gasteiger partial charge in [0.1, 0.15) is 15.9 Å². The van der Waals surface area contributed by atoms with Gasteiger partial charge in [-0.1, -0.05) is 35.3 Å². The van der Waals surface area contributed by atoms with Gasteiger partial charge in [0, 0.05) is 16.5 Å². The van der Waals surface area contributed by atoms with E-state index in [9.17, 15) is 18.0 Å². The first-order valence-electron chi connectivity index (χ1n) is 8.87. The summed E-state index contributed by atoms with van der Waals surface area (Å²) in [7, 11) is 0. The third-order valence-electron chi connectivity index (χ3n) is 4.87. The molecule has 11 heteroatoms. The highest BCUT2D eigenvalue weighted by atomic mass is 79.9. The third-order valence-corrected chi connectivity index (χ3v) is 5.86. The molecule has 0 radical (unpaired) electrons. The van der Waals surface area contributed by atoms with Crippen molar-refractivity contribution in [1.29, 1.82) is 0 Å². The van der Waals surface area contributed by atoms with E-state index in [-0.39, 0.29) is 18.1 Å². The molecule has 1 aliphatic heterocycles. The first-order chi connectivity index (χ1) is 14.5. The van der Waals surface area contributed by atoms with Crippen molar-refractivity contribution in [1.82, 2.24) is 9.55 Å². The van der Waals surface area contributed by atoms with Gasteiger partial charge in [0.2, 0.25) is 5.95 Å². The molecule has 0 fully saturated rings. The van der Waals surface area contributed by atoms with Gasteiger partial charge in [-0.2, -0.15) is 0 Å². The second-order valence-electron chi connectivity index (χ2n) is 7.13. The predicted octanol–water partition coefficient (Wildman–Crippen LogP) is 6.49. The van der Waals surface area contributed by atoms with Gasteiger partial charge in [0.15, 0.2) is 0 Å². The van der Waals surface area contributed by atoms with E-state index in [2.05, 4.69) is 25.7 Å². The van der Waals surface area contributed by atoms with Gasteiger partial charge >= 0.3 is 6.36 Å². The molecule has 1 amide bonds. The van der Waals surface area contributed by atoms with Crippen molar-refractivity contribution in [3.05, 3.63) is 68.9 Å². The van der Waals surface area contributed by atoms with Crippen LogP contribution in [-0.4, -0.2) is 21.8 Å². The van der Waals surface area contributed by atoms with Gasteiger partial charge in [0.05, 0.1) is 11.9 Å². The molecule has 0 unspecified atom stereocenters. The lowest BCUT2D eigenvalue weighted by atomic mass is 9.92. The molecule has 5 nitrogen and oxygen atoms in total. The van der Waals surface area contributed by atoms with Crippen LogP contribution in [0.25, 0.3) is 0 Å². The number of anilines is 2. The molecule has 1 atom stereocenters. The molecule has 2 heterocycles. The van der Waals surface area contributed by atoms with Gasteiger partial charge in [0.25, 0.3) is 5.91 Å². The highest BCUT2D eigenvalue weighted by Gasteiger charge is 2.50. The van der Waals surface area contributed by atoms with Crippen LogP contribution in [0.2, 0.25) is 10.0 Å². The summed E-state index contributed by atoms with van der Waals surface area (Å²) in [5.41, 5.74) is -0.00585. The lowest BCUT2D eigenvalue weighted by Crippen LogP contribution is -2.41. The van der Waals surface area contributed by atoms with E-state index in [1.165, 1.54) is 29.2 Å². The van der Waals surface area contributed by atoms with Crippen LogP contribution in [0.1, 0.15) is 12.5 Å². The van der Waals surface area contributed by atoms with Crippen LogP contribution in [0.15, 0.2) is 53.3 Å². The van der Waals surface area contributed by atoms with E-state index >= 15 is 0 Å². The average Bonchev–Trinajstić information content (AvgIpc) is 3.12. The summed E-state index contributed by atoms with van der Waals surface area (Å²) in [6.45, 7) is 1.73. The minimum Gasteiger partial charge on any atom is -0.406 e. The smallest absolute Gasteiger partial charge is 0.406 e. The monoisotopic (exact) mass is 535 g/mol. The Kier molecular flexibility index (Phi) is 5.47. The molecule has 3 aromatic rings. The summed E-state index contributed by atoms with van der Waals surface area (Å²) >= 11 is 15.7. The second-order valence-corrected chi connectivity index (χ2v) is 8.81. The molecule has 0 saturated carbocycles. The third kappa shape index (κ3) is 4.14. The maximum Gasteiger partial charge on any atom is 0.573 e. The Morgan fingerprint density at radius 2 is 1.77 bits per heavy atom. The number of fused-ring (bicyclic) bond motifs is 1. The second kappa shape index (κ2) is 7.72. The van der Waals surface area contributed by atoms with Crippen LogP contribution in [-0.2, 0) is 16.8 Å². The Hall–Kier alpha value is -2.23. The van der Waals surface area contributed by atoms with Gasteiger partial charge in [-0.15, -0.1) is 13.2 Å². The Balaban J connectivity index is 1.71. The number of hydrogen-bond acceptors (Lipinski definition) is 3. The molecular formula is C20H13BrCl2F3N3O2. The number of halogens is 6. The quantitative estimate of drug-likeness (QED) is 0.383. The standard InChI is InChI=1S/C20H13BrCl2F3N3O2/c1-19(9-11-2-4-15(5-3-11)31-20(24,25)26)17(30)28(18-27-10-16(21)29(18)19)14-7-12(22)6-13(23)8-14/h2-8,10H,9H2,1H3/t19-/m1/s1/i18+2. The molecule has 1 aliphatic rings. The highest BCUT2D eigenvalue weighted by molar-refractivity contribution is 9.10.